The zero-order chi connectivity index (χ0) is 14.7. The van der Waals surface area contributed by atoms with E-state index in [4.69, 9.17) is 0 Å². The van der Waals surface area contributed by atoms with E-state index in [-0.39, 0.29) is 0 Å². The van der Waals surface area contributed by atoms with Crippen LogP contribution < -0.4 is 5.32 Å². The molecule has 3 rings (SSSR count). The van der Waals surface area contributed by atoms with E-state index in [1.54, 1.807) is 0 Å². The number of anilines is 1. The molecule has 2 aromatic carbocycles. The monoisotopic (exact) mass is 276 g/mol. The van der Waals surface area contributed by atoms with Crippen LogP contribution in [0.15, 0.2) is 54.6 Å². The van der Waals surface area contributed by atoms with Gasteiger partial charge in [0.1, 0.15) is 0 Å². The van der Waals surface area contributed by atoms with E-state index in [0.29, 0.717) is 0 Å². The molecule has 0 atom stereocenters. The molecular weight excluding hydrogens is 256 g/mol. The van der Waals surface area contributed by atoms with Gasteiger partial charge in [-0.3, -0.25) is 4.98 Å². The lowest BCUT2D eigenvalue weighted by atomic mass is 10.1. The third-order valence-electron chi connectivity index (χ3n) is 3.76. The third kappa shape index (κ3) is 3.05. The second-order valence-corrected chi connectivity index (χ2v) is 5.35. The van der Waals surface area contributed by atoms with Gasteiger partial charge in [0.25, 0.3) is 0 Å². The van der Waals surface area contributed by atoms with Gasteiger partial charge in [-0.25, -0.2) is 0 Å². The van der Waals surface area contributed by atoms with Gasteiger partial charge < -0.3 is 5.32 Å². The molecule has 1 N–H and O–H groups in total. The maximum absolute atomic E-state index is 4.57. The van der Waals surface area contributed by atoms with Gasteiger partial charge in [-0.15, -0.1) is 0 Å². The van der Waals surface area contributed by atoms with Crippen molar-refractivity contribution in [1.82, 2.24) is 4.98 Å². The first-order valence-electron chi connectivity index (χ1n) is 7.44. The Labute approximate surface area is 125 Å². The first-order valence-corrected chi connectivity index (χ1v) is 7.44. The standard InChI is InChI=1S/C19H20N2/c1-3-15-8-10-16(11-9-15)13-20-19-12-14(2)21-18-7-5-4-6-17(18)19/h4-12H,3,13H2,1-2H3,(H,20,21). The van der Waals surface area contributed by atoms with Crippen LogP contribution in [0.25, 0.3) is 10.9 Å². The molecule has 0 unspecified atom stereocenters. The summed E-state index contributed by atoms with van der Waals surface area (Å²) in [6.45, 7) is 5.05. The highest BCUT2D eigenvalue weighted by molar-refractivity contribution is 5.91. The largest absolute Gasteiger partial charge is 0.380 e. The number of pyridine rings is 1. The van der Waals surface area contributed by atoms with Crippen molar-refractivity contribution in [3.05, 3.63) is 71.4 Å². The Morgan fingerprint density at radius 3 is 2.43 bits per heavy atom. The van der Waals surface area contributed by atoms with Crippen molar-refractivity contribution >= 4 is 16.6 Å². The number of benzene rings is 2. The number of aryl methyl sites for hydroxylation is 2. The van der Waals surface area contributed by atoms with Crippen LogP contribution >= 0.6 is 0 Å². The third-order valence-corrected chi connectivity index (χ3v) is 3.76. The van der Waals surface area contributed by atoms with Crippen LogP contribution in [-0.2, 0) is 13.0 Å². The van der Waals surface area contributed by atoms with E-state index in [2.05, 4.69) is 65.8 Å². The van der Waals surface area contributed by atoms with Crippen molar-refractivity contribution < 1.29 is 0 Å². The van der Waals surface area contributed by atoms with Crippen molar-refractivity contribution in [2.24, 2.45) is 0 Å². The number of rotatable bonds is 4. The topological polar surface area (TPSA) is 24.9 Å². The van der Waals surface area contributed by atoms with E-state index >= 15 is 0 Å². The van der Waals surface area contributed by atoms with Crippen molar-refractivity contribution in [2.75, 3.05) is 5.32 Å². The lowest BCUT2D eigenvalue weighted by Gasteiger charge is -2.11. The molecule has 3 aromatic rings. The molecule has 0 aliphatic rings. The van der Waals surface area contributed by atoms with E-state index in [1.165, 1.54) is 16.5 Å². The number of aromatic nitrogens is 1. The smallest absolute Gasteiger partial charge is 0.0725 e. The summed E-state index contributed by atoms with van der Waals surface area (Å²) in [4.78, 5) is 4.57. The number of para-hydroxylation sites is 1. The molecule has 0 aliphatic heterocycles. The van der Waals surface area contributed by atoms with Crippen molar-refractivity contribution in [2.45, 2.75) is 26.8 Å². The van der Waals surface area contributed by atoms with Gasteiger partial charge in [-0.05, 0) is 36.6 Å². The second-order valence-electron chi connectivity index (χ2n) is 5.35. The summed E-state index contributed by atoms with van der Waals surface area (Å²) in [5.74, 6) is 0. The molecule has 0 bridgehead atoms. The molecule has 1 aromatic heterocycles. The van der Waals surface area contributed by atoms with E-state index < -0.39 is 0 Å². The van der Waals surface area contributed by atoms with Crippen LogP contribution in [-0.4, -0.2) is 4.98 Å². The summed E-state index contributed by atoms with van der Waals surface area (Å²) in [5.41, 5.74) is 5.91. The van der Waals surface area contributed by atoms with Gasteiger partial charge in [-0.2, -0.15) is 0 Å². The molecule has 2 nitrogen and oxygen atoms in total. The van der Waals surface area contributed by atoms with Crippen LogP contribution in [0.1, 0.15) is 23.7 Å². The van der Waals surface area contributed by atoms with E-state index in [9.17, 15) is 0 Å². The normalized spacial score (nSPS) is 10.8. The Bertz CT molecular complexity index is 745. The fraction of sp³-hybridized carbons (Fsp3) is 0.211. The molecule has 0 aliphatic carbocycles. The van der Waals surface area contributed by atoms with Crippen molar-refractivity contribution in [3.8, 4) is 0 Å². The van der Waals surface area contributed by atoms with Crippen molar-refractivity contribution in [1.29, 1.82) is 0 Å². The quantitative estimate of drug-likeness (QED) is 0.746. The first-order chi connectivity index (χ1) is 10.3. The van der Waals surface area contributed by atoms with E-state index in [0.717, 1.165) is 29.9 Å². The minimum Gasteiger partial charge on any atom is -0.380 e. The second kappa shape index (κ2) is 5.96. The first kappa shape index (κ1) is 13.6. The van der Waals surface area contributed by atoms with Gasteiger partial charge in [0.05, 0.1) is 5.52 Å². The molecule has 0 radical (unpaired) electrons. The Kier molecular flexibility index (Phi) is 3.87. The molecule has 1 heterocycles. The predicted molar refractivity (Wildman–Crippen MR) is 89.6 cm³/mol. The van der Waals surface area contributed by atoms with Crippen LogP contribution in [0.3, 0.4) is 0 Å². The highest BCUT2D eigenvalue weighted by Gasteiger charge is 2.03. The SMILES string of the molecule is CCc1ccc(CNc2cc(C)nc3ccccc23)cc1. The lowest BCUT2D eigenvalue weighted by Crippen LogP contribution is -2.01. The van der Waals surface area contributed by atoms with Crippen molar-refractivity contribution in [3.63, 3.8) is 0 Å². The fourth-order valence-electron chi connectivity index (χ4n) is 2.54. The number of hydrogen-bond acceptors (Lipinski definition) is 2. The molecule has 0 amide bonds. The van der Waals surface area contributed by atoms with E-state index in [1.807, 2.05) is 13.0 Å². The van der Waals surface area contributed by atoms with Gasteiger partial charge in [-0.1, -0.05) is 49.4 Å². The molecule has 0 spiro atoms. The number of nitrogens with one attached hydrogen (secondary N) is 1. The molecule has 2 heteroatoms. The summed E-state index contributed by atoms with van der Waals surface area (Å²) in [6, 6.07) is 19.2. The summed E-state index contributed by atoms with van der Waals surface area (Å²) in [6.07, 6.45) is 1.09. The fourth-order valence-corrected chi connectivity index (χ4v) is 2.54. The molecule has 21 heavy (non-hydrogen) atoms. The summed E-state index contributed by atoms with van der Waals surface area (Å²) < 4.78 is 0. The highest BCUT2D eigenvalue weighted by Crippen LogP contribution is 2.23. The van der Waals surface area contributed by atoms with Gasteiger partial charge in [0.15, 0.2) is 0 Å². The Morgan fingerprint density at radius 2 is 1.67 bits per heavy atom. The zero-order valence-corrected chi connectivity index (χ0v) is 12.6. The maximum atomic E-state index is 4.57. The summed E-state index contributed by atoms with van der Waals surface area (Å²) in [5, 5.41) is 4.72. The Morgan fingerprint density at radius 1 is 0.952 bits per heavy atom. The van der Waals surface area contributed by atoms with Crippen LogP contribution in [0.4, 0.5) is 5.69 Å². The number of fused-ring (bicyclic) bond motifs is 1. The minimum atomic E-state index is 0.831. The van der Waals surface area contributed by atoms with Crippen LogP contribution in [0.5, 0.6) is 0 Å². The van der Waals surface area contributed by atoms with Crippen LogP contribution in [0, 0.1) is 6.92 Å². The maximum Gasteiger partial charge on any atom is 0.0725 e. The number of hydrogen-bond donors (Lipinski definition) is 1. The average molecular weight is 276 g/mol. The average Bonchev–Trinajstić information content (AvgIpc) is 2.53. The zero-order valence-electron chi connectivity index (χ0n) is 12.6. The molecule has 0 saturated carbocycles. The van der Waals surface area contributed by atoms with Crippen LogP contribution in [0.2, 0.25) is 0 Å². The highest BCUT2D eigenvalue weighted by atomic mass is 14.9. The molecular formula is C19H20N2. The lowest BCUT2D eigenvalue weighted by molar-refractivity contribution is 1.10. The number of nitrogens with zero attached hydrogens (tertiary/aromatic N) is 1. The summed E-state index contributed by atoms with van der Waals surface area (Å²) >= 11 is 0. The van der Waals surface area contributed by atoms with Gasteiger partial charge in [0, 0.05) is 23.3 Å². The predicted octanol–water partition coefficient (Wildman–Crippen LogP) is 4.72. The minimum absolute atomic E-state index is 0.831. The Hall–Kier alpha value is -2.35. The molecule has 0 fully saturated rings. The molecule has 106 valence electrons. The Balaban J connectivity index is 1.84. The summed E-state index contributed by atoms with van der Waals surface area (Å²) in [7, 11) is 0. The van der Waals surface area contributed by atoms with Gasteiger partial charge in [0.2, 0.25) is 0 Å². The van der Waals surface area contributed by atoms with Gasteiger partial charge >= 0.3 is 0 Å². The molecule has 0 saturated heterocycles.